The van der Waals surface area contributed by atoms with Crippen molar-refractivity contribution in [2.45, 2.75) is 12.5 Å². The monoisotopic (exact) mass is 194 g/mol. The molecule has 2 nitrogen and oxygen atoms in total. The second-order valence-electron chi connectivity index (χ2n) is 3.26. The lowest BCUT2D eigenvalue weighted by atomic mass is 9.96. The van der Waals surface area contributed by atoms with Crippen molar-refractivity contribution in [1.82, 2.24) is 5.32 Å². The Balaban J connectivity index is 2.45. The number of halogens is 2. The molecule has 1 fully saturated rings. The Hall–Kier alpha value is -1.47. The van der Waals surface area contributed by atoms with Crippen LogP contribution in [0.3, 0.4) is 0 Å². The molecule has 0 bridgehead atoms. The number of nitrogens with zero attached hydrogens (tertiary/aromatic N) is 1. The minimum absolute atomic E-state index is 0.0167. The van der Waals surface area contributed by atoms with Gasteiger partial charge in [0, 0.05) is 11.6 Å². The molecule has 1 heterocycles. The molecule has 1 unspecified atom stereocenters. The summed E-state index contributed by atoms with van der Waals surface area (Å²) in [5.41, 5.74) is 0.0679. The van der Waals surface area contributed by atoms with E-state index in [4.69, 9.17) is 5.26 Å². The van der Waals surface area contributed by atoms with E-state index in [1.165, 1.54) is 0 Å². The lowest BCUT2D eigenvalue weighted by Gasteiger charge is -2.28. The van der Waals surface area contributed by atoms with Gasteiger partial charge in [-0.25, -0.2) is 8.78 Å². The molecule has 0 aliphatic carbocycles. The largest absolute Gasteiger partial charge is 0.310 e. The molecule has 1 saturated heterocycles. The van der Waals surface area contributed by atoms with Crippen LogP contribution in [0.15, 0.2) is 12.1 Å². The first kappa shape index (κ1) is 9.10. The van der Waals surface area contributed by atoms with Crippen LogP contribution in [0, 0.1) is 23.0 Å². The second-order valence-corrected chi connectivity index (χ2v) is 3.26. The van der Waals surface area contributed by atoms with Crippen molar-refractivity contribution in [1.29, 1.82) is 5.26 Å². The van der Waals surface area contributed by atoms with E-state index in [1.807, 2.05) is 0 Å². The summed E-state index contributed by atoms with van der Waals surface area (Å²) in [6.45, 7) is 0.781. The first-order valence-corrected chi connectivity index (χ1v) is 4.35. The number of rotatable bonds is 1. The van der Waals surface area contributed by atoms with Crippen molar-refractivity contribution in [3.8, 4) is 6.07 Å². The van der Waals surface area contributed by atoms with Gasteiger partial charge < -0.3 is 5.32 Å². The van der Waals surface area contributed by atoms with Crippen molar-refractivity contribution in [2.75, 3.05) is 6.54 Å². The molecule has 0 spiro atoms. The van der Waals surface area contributed by atoms with E-state index >= 15 is 0 Å². The molecule has 0 saturated carbocycles. The minimum Gasteiger partial charge on any atom is -0.310 e. The van der Waals surface area contributed by atoms with Crippen LogP contribution < -0.4 is 5.32 Å². The molecule has 1 N–H and O–H groups in total. The lowest BCUT2D eigenvalue weighted by molar-refractivity contribution is 0.356. The molecule has 1 aromatic rings. The average Bonchev–Trinajstić information content (AvgIpc) is 2.07. The van der Waals surface area contributed by atoms with Crippen LogP contribution in [0.2, 0.25) is 0 Å². The van der Waals surface area contributed by atoms with Crippen LogP contribution in [-0.2, 0) is 0 Å². The van der Waals surface area contributed by atoms with Gasteiger partial charge in [-0.05, 0) is 25.1 Å². The Morgan fingerprint density at radius 3 is 2.29 bits per heavy atom. The van der Waals surface area contributed by atoms with Gasteiger partial charge >= 0.3 is 0 Å². The summed E-state index contributed by atoms with van der Waals surface area (Å²) in [4.78, 5) is 0. The maximum absolute atomic E-state index is 13.3. The van der Waals surface area contributed by atoms with Crippen LogP contribution >= 0.6 is 0 Å². The molecule has 1 aliphatic heterocycles. The highest BCUT2D eigenvalue weighted by Crippen LogP contribution is 2.28. The molecule has 0 radical (unpaired) electrons. The summed E-state index contributed by atoms with van der Waals surface area (Å²) < 4.78 is 26.7. The molecule has 4 heteroatoms. The average molecular weight is 194 g/mol. The van der Waals surface area contributed by atoms with E-state index in [0.29, 0.717) is 0 Å². The van der Waals surface area contributed by atoms with Gasteiger partial charge in [0.15, 0.2) is 0 Å². The van der Waals surface area contributed by atoms with Crippen molar-refractivity contribution in [3.63, 3.8) is 0 Å². The summed E-state index contributed by atoms with van der Waals surface area (Å²) in [6, 6.07) is 3.61. The first-order chi connectivity index (χ1) is 6.72. The molecule has 1 aliphatic rings. The van der Waals surface area contributed by atoms with E-state index in [0.717, 1.165) is 25.1 Å². The highest BCUT2D eigenvalue weighted by atomic mass is 19.1. The van der Waals surface area contributed by atoms with Crippen molar-refractivity contribution in [2.24, 2.45) is 0 Å². The van der Waals surface area contributed by atoms with E-state index in [9.17, 15) is 8.78 Å². The highest BCUT2D eigenvalue weighted by Gasteiger charge is 2.25. The standard InChI is InChI=1S/C10H8F2N2/c11-7-3-6(5-13)4-8(12)10(7)9-1-2-14-9/h3-4,9,14H,1-2H2. The van der Waals surface area contributed by atoms with Crippen molar-refractivity contribution < 1.29 is 8.78 Å². The molecule has 72 valence electrons. The molecule has 0 aromatic heterocycles. The Morgan fingerprint density at radius 2 is 1.93 bits per heavy atom. The summed E-state index contributed by atoms with van der Waals surface area (Å²) >= 11 is 0. The predicted molar refractivity (Wildman–Crippen MR) is 46.4 cm³/mol. The maximum atomic E-state index is 13.3. The number of nitriles is 1. The number of hydrogen-bond donors (Lipinski definition) is 1. The van der Waals surface area contributed by atoms with Crippen molar-refractivity contribution >= 4 is 0 Å². The van der Waals surface area contributed by atoms with E-state index < -0.39 is 11.6 Å². The number of nitrogens with one attached hydrogen (secondary N) is 1. The number of benzene rings is 1. The third kappa shape index (κ3) is 1.36. The molecule has 0 amide bonds. The van der Waals surface area contributed by atoms with Gasteiger partial charge in [-0.2, -0.15) is 5.26 Å². The molecular formula is C10H8F2N2. The maximum Gasteiger partial charge on any atom is 0.132 e. The molecular weight excluding hydrogens is 186 g/mol. The summed E-state index contributed by atoms with van der Waals surface area (Å²) in [7, 11) is 0. The van der Waals surface area contributed by atoms with E-state index in [1.54, 1.807) is 6.07 Å². The molecule has 1 atom stereocenters. The predicted octanol–water partition coefficient (Wildman–Crippen LogP) is 1.87. The van der Waals surface area contributed by atoms with Crippen LogP contribution in [0.5, 0.6) is 0 Å². The summed E-state index contributed by atoms with van der Waals surface area (Å²) in [5, 5.41) is 11.4. The smallest absolute Gasteiger partial charge is 0.132 e. The third-order valence-electron chi connectivity index (χ3n) is 2.38. The van der Waals surface area contributed by atoms with Gasteiger partial charge in [-0.3, -0.25) is 0 Å². The fourth-order valence-electron chi connectivity index (χ4n) is 1.52. The SMILES string of the molecule is N#Cc1cc(F)c(C2CCN2)c(F)c1. The third-order valence-corrected chi connectivity index (χ3v) is 2.38. The number of hydrogen-bond acceptors (Lipinski definition) is 2. The topological polar surface area (TPSA) is 35.8 Å². The normalized spacial score (nSPS) is 19.9. The Labute approximate surface area is 80.2 Å². The Bertz CT molecular complexity index is 382. The first-order valence-electron chi connectivity index (χ1n) is 4.35. The van der Waals surface area contributed by atoms with Gasteiger partial charge in [-0.1, -0.05) is 0 Å². The zero-order valence-electron chi connectivity index (χ0n) is 7.35. The van der Waals surface area contributed by atoms with Crippen LogP contribution in [0.1, 0.15) is 23.6 Å². The van der Waals surface area contributed by atoms with E-state index in [-0.39, 0.29) is 17.2 Å². The second kappa shape index (κ2) is 3.35. The van der Waals surface area contributed by atoms with Gasteiger partial charge in [0.2, 0.25) is 0 Å². The summed E-state index contributed by atoms with van der Waals surface area (Å²) in [6.07, 6.45) is 0.736. The van der Waals surface area contributed by atoms with Crippen LogP contribution in [0.25, 0.3) is 0 Å². The van der Waals surface area contributed by atoms with Gasteiger partial charge in [0.05, 0.1) is 11.6 Å². The molecule has 14 heavy (non-hydrogen) atoms. The molecule has 2 rings (SSSR count). The molecule has 1 aromatic carbocycles. The highest BCUT2D eigenvalue weighted by molar-refractivity contribution is 5.36. The zero-order chi connectivity index (χ0) is 10.1. The van der Waals surface area contributed by atoms with Gasteiger partial charge in [0.25, 0.3) is 0 Å². The van der Waals surface area contributed by atoms with Gasteiger partial charge in [-0.15, -0.1) is 0 Å². The quantitative estimate of drug-likeness (QED) is 0.740. The summed E-state index contributed by atoms with van der Waals surface area (Å²) in [5.74, 6) is -1.28. The van der Waals surface area contributed by atoms with Crippen LogP contribution in [-0.4, -0.2) is 6.54 Å². The van der Waals surface area contributed by atoms with Crippen molar-refractivity contribution in [3.05, 3.63) is 34.9 Å². The van der Waals surface area contributed by atoms with Gasteiger partial charge in [0.1, 0.15) is 11.6 Å². The Morgan fingerprint density at radius 1 is 1.36 bits per heavy atom. The van der Waals surface area contributed by atoms with E-state index in [2.05, 4.69) is 5.32 Å². The fraction of sp³-hybridized carbons (Fsp3) is 0.300. The van der Waals surface area contributed by atoms with Crippen LogP contribution in [0.4, 0.5) is 8.78 Å². The Kier molecular flexibility index (Phi) is 2.18. The fourth-order valence-corrected chi connectivity index (χ4v) is 1.52. The zero-order valence-corrected chi connectivity index (χ0v) is 7.35. The lowest BCUT2D eigenvalue weighted by Crippen LogP contribution is -2.36. The minimum atomic E-state index is -0.640.